The lowest BCUT2D eigenvalue weighted by molar-refractivity contribution is -0.127. The van der Waals surface area contributed by atoms with E-state index in [1.807, 2.05) is 29.4 Å². The summed E-state index contributed by atoms with van der Waals surface area (Å²) in [4.78, 5) is 14.1. The van der Waals surface area contributed by atoms with Crippen LogP contribution in [0.4, 0.5) is 0 Å². The zero-order valence-electron chi connectivity index (χ0n) is 12.2. The Morgan fingerprint density at radius 1 is 1.52 bits per heavy atom. The van der Waals surface area contributed by atoms with E-state index in [9.17, 15) is 9.90 Å². The highest BCUT2D eigenvalue weighted by molar-refractivity contribution is 7.99. The fraction of sp³-hybridized carbons (Fsp3) is 0.562. The number of thioether (sulfide) groups is 1. The number of amides is 1. The number of carbonyl (C=O) groups excluding carboxylic acids is 1. The second-order valence-corrected chi connectivity index (χ2v) is 6.89. The number of hydrogen-bond acceptors (Lipinski definition) is 4. The van der Waals surface area contributed by atoms with Crippen molar-refractivity contribution in [3.05, 3.63) is 29.8 Å². The first kappa shape index (κ1) is 14.7. The molecule has 0 aromatic heterocycles. The molecule has 3 rings (SSSR count). The molecule has 2 aliphatic rings. The molecule has 4 nitrogen and oxygen atoms in total. The van der Waals surface area contributed by atoms with Crippen molar-refractivity contribution < 1.29 is 14.6 Å². The maximum Gasteiger partial charge on any atom is 0.232 e. The first-order valence-electron chi connectivity index (χ1n) is 7.27. The minimum absolute atomic E-state index is 0.0956. The Morgan fingerprint density at radius 2 is 2.33 bits per heavy atom. The minimum atomic E-state index is -0.263. The van der Waals surface area contributed by atoms with Crippen molar-refractivity contribution in [1.82, 2.24) is 4.90 Å². The first-order valence-corrected chi connectivity index (χ1v) is 8.66. The van der Waals surface area contributed by atoms with E-state index in [0.29, 0.717) is 25.4 Å². The van der Waals surface area contributed by atoms with Gasteiger partial charge in [0.1, 0.15) is 5.75 Å². The molecular weight excluding hydrogens is 286 g/mol. The molecule has 0 radical (unpaired) electrons. The SMILES string of the molecule is CSCC(=O)N1C[C@@H]2COc3ccccc3C[C@]2(CO)C1. The molecule has 0 aliphatic carbocycles. The van der Waals surface area contributed by atoms with Gasteiger partial charge in [-0.25, -0.2) is 0 Å². The first-order chi connectivity index (χ1) is 10.2. The molecule has 1 saturated heterocycles. The third kappa shape index (κ3) is 2.64. The maximum atomic E-state index is 12.2. The van der Waals surface area contributed by atoms with Gasteiger partial charge in [0.05, 0.1) is 19.0 Å². The van der Waals surface area contributed by atoms with Crippen LogP contribution in [-0.2, 0) is 11.2 Å². The zero-order valence-corrected chi connectivity index (χ0v) is 13.1. The summed E-state index contributed by atoms with van der Waals surface area (Å²) >= 11 is 1.54. The molecule has 1 amide bonds. The van der Waals surface area contributed by atoms with Crippen molar-refractivity contribution in [2.75, 3.05) is 38.3 Å². The Kier molecular flexibility index (Phi) is 4.13. The van der Waals surface area contributed by atoms with Gasteiger partial charge in [-0.3, -0.25) is 4.79 Å². The van der Waals surface area contributed by atoms with Crippen LogP contribution in [0.5, 0.6) is 5.75 Å². The van der Waals surface area contributed by atoms with E-state index in [-0.39, 0.29) is 23.8 Å². The van der Waals surface area contributed by atoms with E-state index in [1.54, 1.807) is 11.8 Å². The van der Waals surface area contributed by atoms with Gasteiger partial charge in [-0.1, -0.05) is 18.2 Å². The van der Waals surface area contributed by atoms with Crippen molar-refractivity contribution in [2.45, 2.75) is 6.42 Å². The van der Waals surface area contributed by atoms with Crippen LogP contribution in [-0.4, -0.2) is 54.2 Å². The Hall–Kier alpha value is -1.20. The molecule has 2 atom stereocenters. The van der Waals surface area contributed by atoms with Gasteiger partial charge in [0.2, 0.25) is 5.91 Å². The average molecular weight is 307 g/mol. The van der Waals surface area contributed by atoms with Crippen molar-refractivity contribution in [2.24, 2.45) is 11.3 Å². The number of nitrogens with zero attached hydrogens (tertiary/aromatic N) is 1. The molecule has 1 aromatic rings. The molecule has 114 valence electrons. The van der Waals surface area contributed by atoms with E-state index < -0.39 is 0 Å². The van der Waals surface area contributed by atoms with Crippen LogP contribution < -0.4 is 4.74 Å². The van der Waals surface area contributed by atoms with Gasteiger partial charge >= 0.3 is 0 Å². The predicted octanol–water partition coefficient (Wildman–Crippen LogP) is 1.42. The van der Waals surface area contributed by atoms with Crippen LogP contribution in [0.3, 0.4) is 0 Å². The Labute approximate surface area is 129 Å². The Balaban J connectivity index is 1.86. The number of benzene rings is 1. The minimum Gasteiger partial charge on any atom is -0.493 e. The second kappa shape index (κ2) is 5.89. The summed E-state index contributed by atoms with van der Waals surface area (Å²) in [6.45, 7) is 1.98. The topological polar surface area (TPSA) is 49.8 Å². The summed E-state index contributed by atoms with van der Waals surface area (Å²) in [5.41, 5.74) is 0.869. The molecule has 5 heteroatoms. The molecule has 1 fully saturated rings. The molecule has 1 N–H and O–H groups in total. The Morgan fingerprint density at radius 3 is 3.10 bits per heavy atom. The lowest BCUT2D eigenvalue weighted by Gasteiger charge is -2.30. The number of rotatable bonds is 3. The summed E-state index contributed by atoms with van der Waals surface area (Å²) in [5, 5.41) is 10.0. The molecule has 0 spiro atoms. The Bertz CT molecular complexity index is 536. The molecule has 0 bridgehead atoms. The summed E-state index contributed by atoms with van der Waals surface area (Å²) in [6.07, 6.45) is 2.71. The van der Waals surface area contributed by atoms with Gasteiger partial charge in [-0.15, -0.1) is 0 Å². The standard InChI is InChI=1S/C16H21NO3S/c1-21-9-15(19)17-7-13-8-20-14-5-3-2-4-12(14)6-16(13,10-17)11-18/h2-5,13,18H,6-11H2,1H3/t13-,16-/m1/s1. The summed E-state index contributed by atoms with van der Waals surface area (Å²) < 4.78 is 5.92. The smallest absolute Gasteiger partial charge is 0.232 e. The number of ether oxygens (including phenoxy) is 1. The van der Waals surface area contributed by atoms with Gasteiger partial charge in [-0.2, -0.15) is 11.8 Å². The fourth-order valence-corrected chi connectivity index (χ4v) is 3.89. The molecular formula is C16H21NO3S. The number of carbonyl (C=O) groups is 1. The molecule has 0 saturated carbocycles. The third-order valence-electron chi connectivity index (χ3n) is 4.70. The quantitative estimate of drug-likeness (QED) is 0.917. The van der Waals surface area contributed by atoms with Gasteiger partial charge in [0.15, 0.2) is 0 Å². The van der Waals surface area contributed by atoms with Crippen LogP contribution in [0, 0.1) is 11.3 Å². The van der Waals surface area contributed by atoms with Gasteiger partial charge < -0.3 is 14.7 Å². The largest absolute Gasteiger partial charge is 0.493 e. The molecule has 21 heavy (non-hydrogen) atoms. The van der Waals surface area contributed by atoms with E-state index in [1.165, 1.54) is 0 Å². The summed E-state index contributed by atoms with van der Waals surface area (Å²) in [6, 6.07) is 8.01. The van der Waals surface area contributed by atoms with Gasteiger partial charge in [0.25, 0.3) is 0 Å². The van der Waals surface area contributed by atoms with E-state index in [4.69, 9.17) is 4.74 Å². The van der Waals surface area contributed by atoms with Gasteiger partial charge in [-0.05, 0) is 24.3 Å². The average Bonchev–Trinajstić information content (AvgIpc) is 2.78. The van der Waals surface area contributed by atoms with Crippen LogP contribution >= 0.6 is 11.8 Å². The van der Waals surface area contributed by atoms with Crippen LogP contribution in [0.15, 0.2) is 24.3 Å². The van der Waals surface area contributed by atoms with Crippen molar-refractivity contribution in [3.63, 3.8) is 0 Å². The van der Waals surface area contributed by atoms with Gasteiger partial charge in [0, 0.05) is 24.4 Å². The molecule has 0 unspecified atom stereocenters. The lowest BCUT2D eigenvalue weighted by Crippen LogP contribution is -2.38. The zero-order chi connectivity index (χ0) is 14.9. The predicted molar refractivity (Wildman–Crippen MR) is 83.6 cm³/mol. The number of hydrogen-bond donors (Lipinski definition) is 1. The molecule has 2 aliphatic heterocycles. The highest BCUT2D eigenvalue weighted by atomic mass is 32.2. The van der Waals surface area contributed by atoms with Crippen LogP contribution in [0.2, 0.25) is 0 Å². The highest BCUT2D eigenvalue weighted by Gasteiger charge is 2.49. The van der Waals surface area contributed by atoms with E-state index >= 15 is 0 Å². The summed E-state index contributed by atoms with van der Waals surface area (Å²) in [5.74, 6) is 1.78. The number of aliphatic hydroxyl groups excluding tert-OH is 1. The number of para-hydroxylation sites is 1. The fourth-order valence-electron chi connectivity index (χ4n) is 3.46. The second-order valence-electron chi connectivity index (χ2n) is 6.02. The summed E-state index contributed by atoms with van der Waals surface area (Å²) in [7, 11) is 0. The number of aliphatic hydroxyl groups is 1. The van der Waals surface area contributed by atoms with E-state index in [2.05, 4.69) is 6.07 Å². The number of fused-ring (bicyclic) bond motifs is 2. The lowest BCUT2D eigenvalue weighted by atomic mass is 9.75. The molecule has 1 aromatic carbocycles. The maximum absolute atomic E-state index is 12.2. The monoisotopic (exact) mass is 307 g/mol. The van der Waals surface area contributed by atoms with Crippen molar-refractivity contribution in [1.29, 1.82) is 0 Å². The van der Waals surface area contributed by atoms with Crippen molar-refractivity contribution >= 4 is 17.7 Å². The normalized spacial score (nSPS) is 27.5. The van der Waals surface area contributed by atoms with Crippen molar-refractivity contribution in [3.8, 4) is 5.75 Å². The molecule has 2 heterocycles. The van der Waals surface area contributed by atoms with Crippen LogP contribution in [0.25, 0.3) is 0 Å². The number of likely N-dealkylation sites (tertiary alicyclic amines) is 1. The van der Waals surface area contributed by atoms with E-state index in [0.717, 1.165) is 17.7 Å². The van der Waals surface area contributed by atoms with Crippen LogP contribution in [0.1, 0.15) is 5.56 Å². The third-order valence-corrected chi connectivity index (χ3v) is 5.24. The highest BCUT2D eigenvalue weighted by Crippen LogP contribution is 2.43.